The third-order valence-electron chi connectivity index (χ3n) is 4.78. The molecular weight excluding hydrogens is 396 g/mol. The van der Waals surface area contributed by atoms with Gasteiger partial charge in [-0.05, 0) is 0 Å². The molecule has 8 N–H and O–H groups in total. The molecule has 29 heavy (non-hydrogen) atoms. The van der Waals surface area contributed by atoms with E-state index in [4.69, 9.17) is 14.2 Å². The molecule has 2 heterocycles. The van der Waals surface area contributed by atoms with Crippen LogP contribution in [0.3, 0.4) is 0 Å². The summed E-state index contributed by atoms with van der Waals surface area (Å²) >= 11 is 0. The average Bonchev–Trinajstić information content (AvgIpc) is 2.65. The number of aliphatic hydroxyl groups is 6. The molecule has 0 aromatic rings. The van der Waals surface area contributed by atoms with Crippen molar-refractivity contribution in [2.75, 3.05) is 13.2 Å². The fraction of sp³-hybridized carbons (Fsp3) is 0.875. The Morgan fingerprint density at radius 2 is 1.34 bits per heavy atom. The zero-order valence-electron chi connectivity index (χ0n) is 15.9. The van der Waals surface area contributed by atoms with Gasteiger partial charge in [0.15, 0.2) is 12.6 Å². The van der Waals surface area contributed by atoms with E-state index in [1.165, 1.54) is 0 Å². The molecule has 2 amide bonds. The maximum atomic E-state index is 11.5. The lowest BCUT2D eigenvalue weighted by Gasteiger charge is -2.47. The van der Waals surface area contributed by atoms with Gasteiger partial charge in [0, 0.05) is 13.8 Å². The first-order valence-electron chi connectivity index (χ1n) is 9.05. The van der Waals surface area contributed by atoms with Crippen molar-refractivity contribution in [1.82, 2.24) is 10.6 Å². The van der Waals surface area contributed by atoms with Crippen molar-refractivity contribution in [3.8, 4) is 0 Å². The smallest absolute Gasteiger partial charge is 0.217 e. The molecule has 13 heteroatoms. The van der Waals surface area contributed by atoms with Crippen LogP contribution in [0, 0.1) is 0 Å². The topological polar surface area (TPSA) is 207 Å². The minimum atomic E-state index is -1.66. The number of carbonyl (C=O) groups is 2. The van der Waals surface area contributed by atoms with E-state index in [-0.39, 0.29) is 0 Å². The van der Waals surface area contributed by atoms with E-state index in [0.717, 1.165) is 13.8 Å². The van der Waals surface area contributed by atoms with Crippen LogP contribution in [0.15, 0.2) is 0 Å². The molecular formula is C16H28N2O11. The lowest BCUT2D eigenvalue weighted by atomic mass is 9.94. The number of carbonyl (C=O) groups excluding carboxylic acids is 2. The van der Waals surface area contributed by atoms with Crippen LogP contribution < -0.4 is 10.6 Å². The standard InChI is InChI=1S/C16H28N2O11/c1-5(21)17-9-13(25)11(23)7(3-19)28-16(9)29-14-10(18-6(2)22)15(26)27-8(4-20)12(14)24/h7-16,19-20,23-26H,3-4H2,1-2H3,(H,17,21)(H,18,22)/t7-,8+,9+,10-,11+,12-,13-,14+,15+,16+/m1/s1. The summed E-state index contributed by atoms with van der Waals surface area (Å²) in [4.78, 5) is 23.0. The Hall–Kier alpha value is -1.42. The number of ether oxygens (including phenoxy) is 3. The van der Waals surface area contributed by atoms with E-state index in [1.54, 1.807) is 0 Å². The molecule has 2 aliphatic rings. The van der Waals surface area contributed by atoms with Gasteiger partial charge in [-0.3, -0.25) is 9.59 Å². The van der Waals surface area contributed by atoms with Crippen molar-refractivity contribution in [2.45, 2.75) is 75.1 Å². The molecule has 0 aromatic carbocycles. The Morgan fingerprint density at radius 3 is 1.86 bits per heavy atom. The van der Waals surface area contributed by atoms with Gasteiger partial charge in [-0.1, -0.05) is 0 Å². The van der Waals surface area contributed by atoms with Gasteiger partial charge in [0.2, 0.25) is 11.8 Å². The van der Waals surface area contributed by atoms with Gasteiger partial charge in [0.25, 0.3) is 0 Å². The minimum Gasteiger partial charge on any atom is -0.394 e. The van der Waals surface area contributed by atoms with Crippen LogP contribution >= 0.6 is 0 Å². The monoisotopic (exact) mass is 424 g/mol. The molecule has 0 saturated carbocycles. The highest BCUT2D eigenvalue weighted by molar-refractivity contribution is 5.73. The predicted molar refractivity (Wildman–Crippen MR) is 91.8 cm³/mol. The highest BCUT2D eigenvalue weighted by Crippen LogP contribution is 2.28. The third kappa shape index (κ3) is 5.39. The number of amides is 2. The Morgan fingerprint density at radius 1 is 0.828 bits per heavy atom. The largest absolute Gasteiger partial charge is 0.394 e. The molecule has 13 nitrogen and oxygen atoms in total. The van der Waals surface area contributed by atoms with Gasteiger partial charge >= 0.3 is 0 Å². The summed E-state index contributed by atoms with van der Waals surface area (Å²) in [5.74, 6) is -1.16. The van der Waals surface area contributed by atoms with Crippen LogP contribution in [0.4, 0.5) is 0 Å². The Labute approximate surface area is 166 Å². The number of nitrogens with one attached hydrogen (secondary N) is 2. The van der Waals surface area contributed by atoms with E-state index >= 15 is 0 Å². The van der Waals surface area contributed by atoms with Gasteiger partial charge < -0.3 is 55.5 Å². The summed E-state index contributed by atoms with van der Waals surface area (Å²) in [6.45, 7) is 0.959. The van der Waals surface area contributed by atoms with Gasteiger partial charge in [0.05, 0.1) is 13.2 Å². The van der Waals surface area contributed by atoms with Crippen molar-refractivity contribution in [1.29, 1.82) is 0 Å². The molecule has 10 atom stereocenters. The second kappa shape index (κ2) is 10.1. The van der Waals surface area contributed by atoms with E-state index < -0.39 is 86.3 Å². The quantitative estimate of drug-likeness (QED) is 0.202. The van der Waals surface area contributed by atoms with Crippen molar-refractivity contribution in [3.63, 3.8) is 0 Å². The van der Waals surface area contributed by atoms with Crippen LogP contribution in [-0.4, -0.2) is 117 Å². The second-order valence-corrected chi connectivity index (χ2v) is 7.00. The van der Waals surface area contributed by atoms with Gasteiger partial charge in [-0.15, -0.1) is 0 Å². The molecule has 0 aromatic heterocycles. The van der Waals surface area contributed by atoms with Gasteiger partial charge in [0.1, 0.15) is 48.7 Å². The van der Waals surface area contributed by atoms with Crippen LogP contribution in [0.1, 0.15) is 13.8 Å². The van der Waals surface area contributed by atoms with E-state index in [0.29, 0.717) is 0 Å². The summed E-state index contributed by atoms with van der Waals surface area (Å²) in [5.41, 5.74) is 0. The number of aliphatic hydroxyl groups excluding tert-OH is 6. The van der Waals surface area contributed by atoms with Crippen molar-refractivity contribution in [3.05, 3.63) is 0 Å². The van der Waals surface area contributed by atoms with Crippen molar-refractivity contribution < 1.29 is 54.4 Å². The average molecular weight is 424 g/mol. The summed E-state index contributed by atoms with van der Waals surface area (Å²) in [7, 11) is 0. The molecule has 2 fully saturated rings. The lowest BCUT2D eigenvalue weighted by molar-refractivity contribution is -0.323. The molecule has 0 radical (unpaired) electrons. The number of hydrogen-bond acceptors (Lipinski definition) is 11. The molecule has 168 valence electrons. The minimum absolute atomic E-state index is 0.576. The molecule has 0 bridgehead atoms. The lowest BCUT2D eigenvalue weighted by Crippen LogP contribution is -2.69. The summed E-state index contributed by atoms with van der Waals surface area (Å²) < 4.78 is 16.2. The van der Waals surface area contributed by atoms with Crippen LogP contribution in [0.2, 0.25) is 0 Å². The first kappa shape index (κ1) is 23.9. The number of hydrogen-bond donors (Lipinski definition) is 8. The first-order chi connectivity index (χ1) is 13.6. The van der Waals surface area contributed by atoms with Crippen LogP contribution in [0.5, 0.6) is 0 Å². The molecule has 0 spiro atoms. The van der Waals surface area contributed by atoms with Crippen molar-refractivity contribution in [2.24, 2.45) is 0 Å². The predicted octanol–water partition coefficient (Wildman–Crippen LogP) is -5.11. The zero-order valence-corrected chi connectivity index (χ0v) is 15.9. The molecule has 2 rings (SSSR count). The van der Waals surface area contributed by atoms with Crippen LogP contribution in [0.25, 0.3) is 0 Å². The summed E-state index contributed by atoms with van der Waals surface area (Å²) in [5, 5.41) is 64.5. The fourth-order valence-corrected chi connectivity index (χ4v) is 3.38. The highest BCUT2D eigenvalue weighted by Gasteiger charge is 2.51. The van der Waals surface area contributed by atoms with E-state index in [1.807, 2.05) is 0 Å². The van der Waals surface area contributed by atoms with Gasteiger partial charge in [-0.25, -0.2) is 0 Å². The fourth-order valence-electron chi connectivity index (χ4n) is 3.38. The van der Waals surface area contributed by atoms with Crippen molar-refractivity contribution >= 4 is 11.8 Å². The Balaban J connectivity index is 2.31. The summed E-state index contributed by atoms with van der Waals surface area (Å²) in [6.07, 6.45) is -11.8. The third-order valence-corrected chi connectivity index (χ3v) is 4.78. The maximum Gasteiger partial charge on any atom is 0.217 e. The molecule has 2 saturated heterocycles. The highest BCUT2D eigenvalue weighted by atomic mass is 16.7. The van der Waals surface area contributed by atoms with E-state index in [2.05, 4.69) is 10.6 Å². The normalized spacial score (nSPS) is 42.9. The van der Waals surface area contributed by atoms with Crippen LogP contribution in [-0.2, 0) is 23.8 Å². The maximum absolute atomic E-state index is 11.5. The van der Waals surface area contributed by atoms with E-state index in [9.17, 15) is 40.2 Å². The molecule has 2 aliphatic heterocycles. The first-order valence-corrected chi connectivity index (χ1v) is 9.05. The molecule has 0 unspecified atom stereocenters. The number of rotatable bonds is 6. The Bertz CT molecular complexity index is 579. The zero-order chi connectivity index (χ0) is 21.9. The molecule has 0 aliphatic carbocycles. The van der Waals surface area contributed by atoms with Gasteiger partial charge in [-0.2, -0.15) is 0 Å². The second-order valence-electron chi connectivity index (χ2n) is 7.00. The Kier molecular flexibility index (Phi) is 8.28. The summed E-state index contributed by atoms with van der Waals surface area (Å²) in [6, 6.07) is -2.59. The SMILES string of the molecule is CC(=O)N[C@@H]1[C@H](O[C@@H]2[C@H](O)[C@H](CO)O[C@H](O)[C@@H]2NC(C)=O)O[C@H](CO)[C@H](O)[C@@H]1O.